The molecule has 0 radical (unpaired) electrons. The first-order chi connectivity index (χ1) is 14.1. The van der Waals surface area contributed by atoms with Crippen LogP contribution in [-0.2, 0) is 20.4 Å². The molecule has 30 heavy (non-hydrogen) atoms. The van der Waals surface area contributed by atoms with Crippen molar-refractivity contribution in [3.63, 3.8) is 0 Å². The van der Waals surface area contributed by atoms with E-state index in [1.165, 1.54) is 12.1 Å². The quantitative estimate of drug-likeness (QED) is 0.604. The second kappa shape index (κ2) is 9.89. The predicted octanol–water partition coefficient (Wildman–Crippen LogP) is 1.46. The summed E-state index contributed by atoms with van der Waals surface area (Å²) in [6.45, 7) is -0.447. The van der Waals surface area contributed by atoms with Gasteiger partial charge in [-0.3, -0.25) is 9.59 Å². The lowest BCUT2D eigenvalue weighted by Crippen LogP contribution is -2.50. The maximum atomic E-state index is 13.8. The molecule has 0 aliphatic heterocycles. The molecule has 0 saturated heterocycles. The number of nitrogens with one attached hydrogen (secondary N) is 2. The number of hydrogen-bond donors (Lipinski definition) is 2. The first-order valence-corrected chi connectivity index (χ1v) is 10.3. The molecule has 1 atom stereocenters. The maximum absolute atomic E-state index is 13.8. The van der Waals surface area contributed by atoms with Crippen LogP contribution in [0.1, 0.15) is 15.9 Å². The van der Waals surface area contributed by atoms with Crippen molar-refractivity contribution in [2.75, 3.05) is 12.3 Å². The average molecular weight is 439 g/mol. The van der Waals surface area contributed by atoms with E-state index in [2.05, 4.69) is 10.6 Å². The smallest absolute Gasteiger partial charge is 0.251 e. The summed E-state index contributed by atoms with van der Waals surface area (Å²) >= 11 is 0. The standard InChI is InChI=1S/C19H16F3N3O4S/c20-13-8-15(21)14(16(22)9-13)10-30(28,29)11-17(19(27)24-7-6-23)25-18(26)12-4-2-1-3-5-12/h1-5,8-9,17H,7,10-11H2,(H,24,27)(H,25,26)/t17-/m0/s1. The summed E-state index contributed by atoms with van der Waals surface area (Å²) in [5, 5.41) is 12.9. The minimum atomic E-state index is -4.35. The Morgan fingerprint density at radius 1 is 1.07 bits per heavy atom. The first-order valence-electron chi connectivity index (χ1n) is 8.47. The lowest BCUT2D eigenvalue weighted by Gasteiger charge is -2.18. The molecular weight excluding hydrogens is 423 g/mol. The number of nitrogens with zero attached hydrogens (tertiary/aromatic N) is 1. The fraction of sp³-hybridized carbons (Fsp3) is 0.211. The molecule has 0 heterocycles. The average Bonchev–Trinajstić information content (AvgIpc) is 2.68. The molecule has 0 aromatic heterocycles. The number of amides is 2. The third-order valence-electron chi connectivity index (χ3n) is 3.89. The largest absolute Gasteiger partial charge is 0.341 e. The van der Waals surface area contributed by atoms with Gasteiger partial charge < -0.3 is 10.6 Å². The normalized spacial score (nSPS) is 11.9. The van der Waals surface area contributed by atoms with Gasteiger partial charge in [0.15, 0.2) is 9.84 Å². The third kappa shape index (κ3) is 6.31. The minimum Gasteiger partial charge on any atom is -0.341 e. The molecule has 158 valence electrons. The first kappa shape index (κ1) is 22.9. The molecule has 0 unspecified atom stereocenters. The Labute approximate surface area is 170 Å². The van der Waals surface area contributed by atoms with Crippen LogP contribution in [0.15, 0.2) is 42.5 Å². The van der Waals surface area contributed by atoms with Gasteiger partial charge in [-0.05, 0) is 12.1 Å². The molecule has 0 aliphatic carbocycles. The lowest BCUT2D eigenvalue weighted by molar-refractivity contribution is -0.122. The van der Waals surface area contributed by atoms with Crippen LogP contribution in [-0.4, -0.2) is 38.6 Å². The zero-order valence-electron chi connectivity index (χ0n) is 15.4. The molecule has 2 rings (SSSR count). The van der Waals surface area contributed by atoms with Crippen molar-refractivity contribution < 1.29 is 31.2 Å². The van der Waals surface area contributed by atoms with Gasteiger partial charge in [0.05, 0.1) is 17.6 Å². The predicted molar refractivity (Wildman–Crippen MR) is 100 cm³/mol. The maximum Gasteiger partial charge on any atom is 0.251 e. The zero-order valence-corrected chi connectivity index (χ0v) is 16.2. The number of sulfone groups is 1. The van der Waals surface area contributed by atoms with Crippen molar-refractivity contribution in [1.82, 2.24) is 10.6 Å². The van der Waals surface area contributed by atoms with Gasteiger partial charge >= 0.3 is 0 Å². The number of rotatable bonds is 8. The van der Waals surface area contributed by atoms with Gasteiger partial charge in [0.1, 0.15) is 30.0 Å². The molecule has 2 aromatic carbocycles. The molecular formula is C19H16F3N3O4S. The van der Waals surface area contributed by atoms with Gasteiger partial charge in [0.25, 0.3) is 5.91 Å². The van der Waals surface area contributed by atoms with Crippen molar-refractivity contribution in [3.8, 4) is 6.07 Å². The second-order valence-electron chi connectivity index (χ2n) is 6.17. The molecule has 0 fully saturated rings. The van der Waals surface area contributed by atoms with Crippen LogP contribution >= 0.6 is 0 Å². The highest BCUT2D eigenvalue weighted by molar-refractivity contribution is 7.90. The zero-order chi connectivity index (χ0) is 22.3. The van der Waals surface area contributed by atoms with Gasteiger partial charge in [-0.1, -0.05) is 18.2 Å². The SMILES string of the molecule is N#CCNC(=O)[C@H](CS(=O)(=O)Cc1c(F)cc(F)cc1F)NC(=O)c1ccccc1. The van der Waals surface area contributed by atoms with Crippen molar-refractivity contribution in [2.24, 2.45) is 0 Å². The van der Waals surface area contributed by atoms with E-state index in [4.69, 9.17) is 5.26 Å². The van der Waals surface area contributed by atoms with Gasteiger partial charge in [0, 0.05) is 23.3 Å². The molecule has 2 N–H and O–H groups in total. The molecule has 7 nitrogen and oxygen atoms in total. The molecule has 0 aliphatic rings. The number of nitriles is 1. The summed E-state index contributed by atoms with van der Waals surface area (Å²) in [5.74, 6) is -7.89. The third-order valence-corrected chi connectivity index (χ3v) is 5.46. The summed E-state index contributed by atoms with van der Waals surface area (Å²) in [6.07, 6.45) is 0. The molecule has 0 saturated carbocycles. The highest BCUT2D eigenvalue weighted by Crippen LogP contribution is 2.18. The lowest BCUT2D eigenvalue weighted by atomic mass is 10.2. The van der Waals surface area contributed by atoms with Crippen LogP contribution in [0.5, 0.6) is 0 Å². The Morgan fingerprint density at radius 2 is 1.67 bits per heavy atom. The summed E-state index contributed by atoms with van der Waals surface area (Å²) in [5.41, 5.74) is -0.745. The van der Waals surface area contributed by atoms with Crippen LogP contribution in [0.25, 0.3) is 0 Å². The molecule has 0 spiro atoms. The van der Waals surface area contributed by atoms with E-state index in [1.54, 1.807) is 24.3 Å². The fourth-order valence-corrected chi connectivity index (χ4v) is 4.08. The van der Waals surface area contributed by atoms with Crippen LogP contribution in [0.4, 0.5) is 13.2 Å². The van der Waals surface area contributed by atoms with Gasteiger partial charge in [0.2, 0.25) is 5.91 Å². The molecule has 2 aromatic rings. The summed E-state index contributed by atoms with van der Waals surface area (Å²) in [6, 6.07) is 8.27. The van der Waals surface area contributed by atoms with E-state index in [-0.39, 0.29) is 5.56 Å². The number of halogens is 3. The van der Waals surface area contributed by atoms with Gasteiger partial charge in [-0.25, -0.2) is 21.6 Å². The fourth-order valence-electron chi connectivity index (χ4n) is 2.51. The molecule has 0 bridgehead atoms. The summed E-state index contributed by atoms with van der Waals surface area (Å²) in [4.78, 5) is 24.5. The van der Waals surface area contributed by atoms with Gasteiger partial charge in [-0.15, -0.1) is 0 Å². The van der Waals surface area contributed by atoms with E-state index in [1.807, 2.05) is 0 Å². The van der Waals surface area contributed by atoms with E-state index >= 15 is 0 Å². The second-order valence-corrected chi connectivity index (χ2v) is 8.28. The number of carbonyl (C=O) groups is 2. The number of benzene rings is 2. The Kier molecular flexibility index (Phi) is 7.54. The molecule has 11 heteroatoms. The Hall–Kier alpha value is -3.39. The topological polar surface area (TPSA) is 116 Å². The van der Waals surface area contributed by atoms with Crippen LogP contribution in [0, 0.1) is 28.8 Å². The van der Waals surface area contributed by atoms with E-state index in [0.29, 0.717) is 12.1 Å². The highest BCUT2D eigenvalue weighted by Gasteiger charge is 2.29. The molecule has 2 amide bonds. The highest BCUT2D eigenvalue weighted by atomic mass is 32.2. The summed E-state index contributed by atoms with van der Waals surface area (Å²) in [7, 11) is -4.35. The van der Waals surface area contributed by atoms with Crippen molar-refractivity contribution >= 4 is 21.7 Å². The van der Waals surface area contributed by atoms with Gasteiger partial charge in [-0.2, -0.15) is 5.26 Å². The van der Waals surface area contributed by atoms with E-state index in [9.17, 15) is 31.2 Å². The minimum absolute atomic E-state index is 0.142. The number of carbonyl (C=O) groups excluding carboxylic acids is 2. The summed E-state index contributed by atoms with van der Waals surface area (Å²) < 4.78 is 65.6. The van der Waals surface area contributed by atoms with Crippen LogP contribution in [0.2, 0.25) is 0 Å². The number of hydrogen-bond acceptors (Lipinski definition) is 5. The van der Waals surface area contributed by atoms with Crippen molar-refractivity contribution in [3.05, 3.63) is 71.0 Å². The van der Waals surface area contributed by atoms with Crippen molar-refractivity contribution in [1.29, 1.82) is 5.26 Å². The monoisotopic (exact) mass is 439 g/mol. The van der Waals surface area contributed by atoms with E-state index < -0.39 is 68.8 Å². The Bertz CT molecular complexity index is 1060. The van der Waals surface area contributed by atoms with Crippen molar-refractivity contribution in [2.45, 2.75) is 11.8 Å². The van der Waals surface area contributed by atoms with E-state index in [0.717, 1.165) is 0 Å². The van der Waals surface area contributed by atoms with Crippen LogP contribution in [0.3, 0.4) is 0 Å². The van der Waals surface area contributed by atoms with Crippen LogP contribution < -0.4 is 10.6 Å². The Balaban J connectivity index is 2.24. The Morgan fingerprint density at radius 3 is 2.23 bits per heavy atom.